The Morgan fingerprint density at radius 2 is 2.44 bits per heavy atom. The van der Waals surface area contributed by atoms with Crippen LogP contribution in [0.5, 0.6) is 0 Å². The van der Waals surface area contributed by atoms with E-state index in [1.807, 2.05) is 0 Å². The van der Waals surface area contributed by atoms with E-state index in [4.69, 9.17) is 4.74 Å². The first-order valence-corrected chi connectivity index (χ1v) is 3.73. The number of rotatable bonds is 2. The van der Waals surface area contributed by atoms with Crippen LogP contribution in [0.1, 0.15) is 26.2 Å². The quantitative estimate of drug-likeness (QED) is 0.551. The molecule has 0 bridgehead atoms. The summed E-state index contributed by atoms with van der Waals surface area (Å²) in [6.07, 6.45) is 6.54. The van der Waals surface area contributed by atoms with E-state index >= 15 is 0 Å². The van der Waals surface area contributed by atoms with Crippen LogP contribution >= 0.6 is 0 Å². The monoisotopic (exact) mass is 127 g/mol. The normalized spacial score (nSPS) is 35.3. The van der Waals surface area contributed by atoms with Crippen molar-refractivity contribution < 1.29 is 4.74 Å². The smallest absolute Gasteiger partial charge is 0.0605 e. The minimum absolute atomic E-state index is 0.454. The van der Waals surface area contributed by atoms with Crippen molar-refractivity contribution in [1.29, 1.82) is 0 Å². The first-order valence-electron chi connectivity index (χ1n) is 3.73. The van der Waals surface area contributed by atoms with Crippen molar-refractivity contribution in [3.63, 3.8) is 0 Å². The van der Waals surface area contributed by atoms with Gasteiger partial charge >= 0.3 is 0 Å². The Balaban J connectivity index is 2.20. The molecule has 1 rings (SSSR count). The molecule has 1 aliphatic rings. The topological polar surface area (TPSA) is 9.23 Å². The van der Waals surface area contributed by atoms with Gasteiger partial charge in [0.1, 0.15) is 0 Å². The molecule has 0 amide bonds. The Hall–Kier alpha value is -0.0400. The molecule has 9 heavy (non-hydrogen) atoms. The minimum Gasteiger partial charge on any atom is -0.381 e. The lowest BCUT2D eigenvalue weighted by Crippen LogP contribution is -2.04. The molecule has 1 aliphatic carbocycles. The van der Waals surface area contributed by atoms with E-state index in [0.717, 1.165) is 5.92 Å². The third kappa shape index (κ3) is 1.68. The summed E-state index contributed by atoms with van der Waals surface area (Å²) in [6, 6.07) is 0. The third-order valence-corrected chi connectivity index (χ3v) is 2.18. The summed E-state index contributed by atoms with van der Waals surface area (Å²) >= 11 is 0. The number of hydrogen-bond acceptors (Lipinski definition) is 1. The fourth-order valence-corrected chi connectivity index (χ4v) is 1.39. The lowest BCUT2D eigenvalue weighted by Gasteiger charge is -2.06. The lowest BCUT2D eigenvalue weighted by atomic mass is 10.1. The zero-order chi connectivity index (χ0) is 6.69. The standard InChI is InChI=1S/C8H15O/c1-3-7-4-5-8(6-7)9-2/h5,7-8H,3-4,6H2,1-2H3. The maximum atomic E-state index is 5.19. The second-order valence-electron chi connectivity index (χ2n) is 2.76. The second kappa shape index (κ2) is 3.21. The van der Waals surface area contributed by atoms with E-state index < -0.39 is 0 Å². The van der Waals surface area contributed by atoms with Gasteiger partial charge in [0.15, 0.2) is 0 Å². The molecule has 0 aliphatic heterocycles. The Bertz CT molecular complexity index is 70.6. The van der Waals surface area contributed by atoms with Gasteiger partial charge in [0, 0.05) is 7.11 Å². The van der Waals surface area contributed by atoms with Gasteiger partial charge in [0.2, 0.25) is 0 Å². The van der Waals surface area contributed by atoms with Crippen LogP contribution in [0.3, 0.4) is 0 Å². The first-order chi connectivity index (χ1) is 4.36. The van der Waals surface area contributed by atoms with Gasteiger partial charge in [0.25, 0.3) is 0 Å². The van der Waals surface area contributed by atoms with Crippen LogP contribution in [0, 0.1) is 12.3 Å². The highest BCUT2D eigenvalue weighted by molar-refractivity contribution is 4.89. The van der Waals surface area contributed by atoms with Gasteiger partial charge in [-0.05, 0) is 25.2 Å². The van der Waals surface area contributed by atoms with E-state index in [2.05, 4.69) is 13.3 Å². The summed E-state index contributed by atoms with van der Waals surface area (Å²) in [4.78, 5) is 0. The predicted molar refractivity (Wildman–Crippen MR) is 38.1 cm³/mol. The highest BCUT2D eigenvalue weighted by atomic mass is 16.5. The zero-order valence-corrected chi connectivity index (χ0v) is 6.26. The van der Waals surface area contributed by atoms with E-state index in [1.54, 1.807) is 7.11 Å². The Morgan fingerprint density at radius 3 is 2.78 bits per heavy atom. The molecule has 1 nitrogen and oxygen atoms in total. The minimum atomic E-state index is 0.454. The van der Waals surface area contributed by atoms with Gasteiger partial charge in [0.05, 0.1) is 6.10 Å². The summed E-state index contributed by atoms with van der Waals surface area (Å²) in [6.45, 7) is 2.25. The highest BCUT2D eigenvalue weighted by Gasteiger charge is 2.22. The zero-order valence-electron chi connectivity index (χ0n) is 6.26. The Labute approximate surface area is 57.4 Å². The lowest BCUT2D eigenvalue weighted by molar-refractivity contribution is 0.128. The summed E-state index contributed by atoms with van der Waals surface area (Å²) < 4.78 is 5.19. The van der Waals surface area contributed by atoms with Gasteiger partial charge in [-0.2, -0.15) is 0 Å². The third-order valence-electron chi connectivity index (χ3n) is 2.18. The van der Waals surface area contributed by atoms with Crippen molar-refractivity contribution in [1.82, 2.24) is 0 Å². The molecule has 2 unspecified atom stereocenters. The molecule has 53 valence electrons. The molecule has 0 aromatic carbocycles. The Morgan fingerprint density at radius 1 is 1.67 bits per heavy atom. The SMILES string of the molecule is CCC1C[CH]C(OC)C1. The Kier molecular flexibility index (Phi) is 2.52. The van der Waals surface area contributed by atoms with E-state index in [1.165, 1.54) is 19.3 Å². The molecular formula is C8H15O. The second-order valence-corrected chi connectivity index (χ2v) is 2.76. The fraction of sp³-hybridized carbons (Fsp3) is 0.875. The van der Waals surface area contributed by atoms with Crippen LogP contribution < -0.4 is 0 Å². The average molecular weight is 127 g/mol. The van der Waals surface area contributed by atoms with E-state index in [-0.39, 0.29) is 0 Å². The van der Waals surface area contributed by atoms with Gasteiger partial charge in [-0.15, -0.1) is 0 Å². The molecule has 2 atom stereocenters. The summed E-state index contributed by atoms with van der Waals surface area (Å²) in [5, 5.41) is 0. The average Bonchev–Trinajstić information content (AvgIpc) is 2.34. The van der Waals surface area contributed by atoms with Gasteiger partial charge in [-0.1, -0.05) is 13.3 Å². The van der Waals surface area contributed by atoms with E-state index in [9.17, 15) is 0 Å². The maximum absolute atomic E-state index is 5.19. The molecule has 0 spiro atoms. The molecule has 0 N–H and O–H groups in total. The van der Waals surface area contributed by atoms with Crippen LogP contribution in [0.25, 0.3) is 0 Å². The summed E-state index contributed by atoms with van der Waals surface area (Å²) in [5.74, 6) is 0.898. The van der Waals surface area contributed by atoms with Crippen LogP contribution in [0.15, 0.2) is 0 Å². The van der Waals surface area contributed by atoms with Crippen molar-refractivity contribution in [3.8, 4) is 0 Å². The number of methoxy groups -OCH3 is 1. The van der Waals surface area contributed by atoms with Crippen molar-refractivity contribution in [3.05, 3.63) is 6.42 Å². The molecular weight excluding hydrogens is 112 g/mol. The van der Waals surface area contributed by atoms with Crippen LogP contribution in [-0.2, 0) is 4.74 Å². The molecule has 0 heterocycles. The van der Waals surface area contributed by atoms with Crippen molar-refractivity contribution in [2.45, 2.75) is 32.3 Å². The van der Waals surface area contributed by atoms with Crippen molar-refractivity contribution in [2.75, 3.05) is 7.11 Å². The van der Waals surface area contributed by atoms with Crippen LogP contribution in [-0.4, -0.2) is 13.2 Å². The van der Waals surface area contributed by atoms with Crippen LogP contribution in [0.4, 0.5) is 0 Å². The van der Waals surface area contributed by atoms with Gasteiger partial charge < -0.3 is 4.74 Å². The largest absolute Gasteiger partial charge is 0.381 e. The summed E-state index contributed by atoms with van der Waals surface area (Å²) in [5.41, 5.74) is 0. The fourth-order valence-electron chi connectivity index (χ4n) is 1.39. The predicted octanol–water partition coefficient (Wildman–Crippen LogP) is 2.03. The van der Waals surface area contributed by atoms with E-state index in [0.29, 0.717) is 6.10 Å². The molecule has 1 heteroatoms. The highest BCUT2D eigenvalue weighted by Crippen LogP contribution is 2.28. The van der Waals surface area contributed by atoms with Crippen molar-refractivity contribution in [2.24, 2.45) is 5.92 Å². The molecule has 1 saturated carbocycles. The van der Waals surface area contributed by atoms with Crippen LogP contribution in [0.2, 0.25) is 0 Å². The maximum Gasteiger partial charge on any atom is 0.0605 e. The molecule has 0 aromatic rings. The van der Waals surface area contributed by atoms with Gasteiger partial charge in [-0.25, -0.2) is 0 Å². The first kappa shape index (κ1) is 7.07. The number of ether oxygens (including phenoxy) is 1. The molecule has 0 aromatic heterocycles. The molecule has 0 saturated heterocycles. The van der Waals surface area contributed by atoms with Crippen molar-refractivity contribution >= 4 is 0 Å². The summed E-state index contributed by atoms with van der Waals surface area (Å²) in [7, 11) is 1.79. The molecule has 1 radical (unpaired) electrons. The molecule has 1 fully saturated rings. The van der Waals surface area contributed by atoms with Gasteiger partial charge in [-0.3, -0.25) is 0 Å². The number of hydrogen-bond donors (Lipinski definition) is 0.